The summed E-state index contributed by atoms with van der Waals surface area (Å²) in [4.78, 5) is 54.1. The van der Waals surface area contributed by atoms with Crippen molar-refractivity contribution in [3.05, 3.63) is 82.2 Å². The molecule has 3 amide bonds. The Morgan fingerprint density at radius 1 is 0.783 bits per heavy atom. The Bertz CT molecular complexity index is 1300. The molecule has 0 saturated carbocycles. The van der Waals surface area contributed by atoms with Crippen molar-refractivity contribution >= 4 is 23.7 Å². The van der Waals surface area contributed by atoms with Crippen molar-refractivity contribution in [3.8, 4) is 0 Å². The van der Waals surface area contributed by atoms with Crippen LogP contribution >= 0.6 is 0 Å². The van der Waals surface area contributed by atoms with Crippen LogP contribution in [0, 0.1) is 11.8 Å². The van der Waals surface area contributed by atoms with Gasteiger partial charge in [0.25, 0.3) is 0 Å². The standard InChI is InChI=1S/C34H48N6O6/c1-22(2)30(37-28(41)18-12-13-19-29(42)46-5)34(45)38-31(23(3)4)33(44)36-26(20-24-14-8-6-9-15-24)32(43)27(39-40-35)21-25-16-10-7-11-17-25/h6-11,14-17,22-23,26-27,30-32,43H,12-13,18-21H2,1-5H3,(H,36,44)(H,37,41)(H,38,45)/t26?,27?,30-,31-,32?/m0/s1. The summed E-state index contributed by atoms with van der Waals surface area (Å²) in [6.45, 7) is 7.16. The van der Waals surface area contributed by atoms with E-state index in [0.29, 0.717) is 12.8 Å². The number of aliphatic hydroxyl groups is 1. The maximum Gasteiger partial charge on any atom is 0.305 e. The number of rotatable bonds is 19. The Balaban J connectivity index is 2.20. The number of methoxy groups -OCH3 is 1. The van der Waals surface area contributed by atoms with Crippen LogP contribution in [0.3, 0.4) is 0 Å². The van der Waals surface area contributed by atoms with Gasteiger partial charge in [-0.3, -0.25) is 19.2 Å². The number of hydrogen-bond donors (Lipinski definition) is 4. The second-order valence-electron chi connectivity index (χ2n) is 12.1. The number of nitrogens with one attached hydrogen (secondary N) is 3. The highest BCUT2D eigenvalue weighted by molar-refractivity contribution is 5.92. The number of aliphatic hydroxyl groups excluding tert-OH is 1. The molecule has 0 aliphatic carbocycles. The zero-order valence-electron chi connectivity index (χ0n) is 27.4. The molecule has 0 spiro atoms. The van der Waals surface area contributed by atoms with Crippen molar-refractivity contribution in [3.63, 3.8) is 0 Å². The molecule has 0 heterocycles. The first-order valence-electron chi connectivity index (χ1n) is 15.7. The zero-order chi connectivity index (χ0) is 34.1. The second kappa shape index (κ2) is 19.9. The van der Waals surface area contributed by atoms with Crippen LogP contribution in [0.2, 0.25) is 0 Å². The van der Waals surface area contributed by atoms with Crippen LogP contribution < -0.4 is 16.0 Å². The SMILES string of the molecule is COC(=O)CCCCC(=O)N[C@H](C(=O)N[C@H](C(=O)NC(Cc1ccccc1)C(O)C(Cc1ccccc1)N=[N+]=[N-])C(C)C)C(C)C. The molecule has 2 rings (SSSR count). The van der Waals surface area contributed by atoms with Crippen molar-refractivity contribution in [2.45, 2.75) is 96.5 Å². The average molecular weight is 637 g/mol. The number of esters is 1. The first kappa shape index (κ1) is 37.8. The molecule has 0 aliphatic heterocycles. The van der Waals surface area contributed by atoms with Crippen molar-refractivity contribution in [2.24, 2.45) is 17.0 Å². The van der Waals surface area contributed by atoms with E-state index in [0.717, 1.165) is 11.1 Å². The van der Waals surface area contributed by atoms with E-state index in [1.807, 2.05) is 60.7 Å². The van der Waals surface area contributed by atoms with Crippen LogP contribution in [0.4, 0.5) is 0 Å². The second-order valence-corrected chi connectivity index (χ2v) is 12.1. The fourth-order valence-corrected chi connectivity index (χ4v) is 5.03. The number of unbranched alkanes of at least 4 members (excludes halogenated alkanes) is 1. The third kappa shape index (κ3) is 12.9. The number of nitrogens with zero attached hydrogens (tertiary/aromatic N) is 3. The first-order valence-corrected chi connectivity index (χ1v) is 15.7. The van der Waals surface area contributed by atoms with E-state index >= 15 is 0 Å². The molecule has 2 aromatic carbocycles. The predicted molar refractivity (Wildman–Crippen MR) is 175 cm³/mol. The van der Waals surface area contributed by atoms with Gasteiger partial charge in [-0.05, 0) is 54.2 Å². The third-order valence-electron chi connectivity index (χ3n) is 7.70. The highest BCUT2D eigenvalue weighted by Gasteiger charge is 2.34. The van der Waals surface area contributed by atoms with Crippen LogP contribution in [0.25, 0.3) is 10.4 Å². The summed E-state index contributed by atoms with van der Waals surface area (Å²) in [7, 11) is 1.31. The lowest BCUT2D eigenvalue weighted by molar-refractivity contribution is -0.140. The summed E-state index contributed by atoms with van der Waals surface area (Å²) in [5.74, 6) is -2.32. The van der Waals surface area contributed by atoms with E-state index in [1.165, 1.54) is 7.11 Å². The summed E-state index contributed by atoms with van der Waals surface area (Å²) in [6.07, 6.45) is 0.544. The lowest BCUT2D eigenvalue weighted by Crippen LogP contribution is -2.59. The lowest BCUT2D eigenvalue weighted by Gasteiger charge is -2.32. The molecule has 2 aromatic rings. The van der Waals surface area contributed by atoms with Gasteiger partial charge in [-0.15, -0.1) is 0 Å². The topological polar surface area (TPSA) is 183 Å². The minimum absolute atomic E-state index is 0.135. The van der Waals surface area contributed by atoms with E-state index in [-0.39, 0.29) is 49.4 Å². The van der Waals surface area contributed by atoms with Crippen molar-refractivity contribution in [1.82, 2.24) is 16.0 Å². The normalized spacial score (nSPS) is 14.3. The molecule has 0 saturated heterocycles. The van der Waals surface area contributed by atoms with E-state index in [1.54, 1.807) is 27.7 Å². The van der Waals surface area contributed by atoms with Gasteiger partial charge in [0.05, 0.1) is 25.3 Å². The van der Waals surface area contributed by atoms with Gasteiger partial charge >= 0.3 is 5.97 Å². The molecule has 0 radical (unpaired) electrons. The van der Waals surface area contributed by atoms with Crippen molar-refractivity contribution in [1.29, 1.82) is 0 Å². The molecular formula is C34H48N6O6. The molecule has 3 unspecified atom stereocenters. The number of hydrogen-bond acceptors (Lipinski definition) is 7. The van der Waals surface area contributed by atoms with Crippen LogP contribution in [-0.4, -0.2) is 66.2 Å². The Kier molecular flexibility index (Phi) is 16.3. The lowest BCUT2D eigenvalue weighted by atomic mass is 9.92. The van der Waals surface area contributed by atoms with Crippen molar-refractivity contribution in [2.75, 3.05) is 7.11 Å². The quantitative estimate of drug-likeness (QED) is 0.0594. The molecule has 0 fully saturated rings. The Hall–Kier alpha value is -4.41. The van der Waals surface area contributed by atoms with E-state index < -0.39 is 42.1 Å². The largest absolute Gasteiger partial charge is 0.469 e. The van der Waals surface area contributed by atoms with Gasteiger partial charge in [0.1, 0.15) is 12.1 Å². The van der Waals surface area contributed by atoms with Crippen LogP contribution in [-0.2, 0) is 36.8 Å². The van der Waals surface area contributed by atoms with Gasteiger partial charge in [-0.25, -0.2) is 0 Å². The van der Waals surface area contributed by atoms with E-state index in [9.17, 15) is 29.8 Å². The Morgan fingerprint density at radius 2 is 1.28 bits per heavy atom. The minimum atomic E-state index is -1.24. The van der Waals surface area contributed by atoms with Crippen LogP contribution in [0.5, 0.6) is 0 Å². The van der Waals surface area contributed by atoms with E-state index in [4.69, 9.17) is 0 Å². The van der Waals surface area contributed by atoms with Gasteiger partial charge in [0.15, 0.2) is 0 Å². The summed E-state index contributed by atoms with van der Waals surface area (Å²) in [5.41, 5.74) is 11.0. The average Bonchev–Trinajstić information content (AvgIpc) is 3.04. The molecule has 4 N–H and O–H groups in total. The number of carbonyl (C=O) groups is 4. The van der Waals surface area contributed by atoms with Crippen LogP contribution in [0.15, 0.2) is 65.8 Å². The molecule has 0 aromatic heterocycles. The number of ether oxygens (including phenoxy) is 1. The smallest absolute Gasteiger partial charge is 0.305 e. The maximum absolute atomic E-state index is 13.8. The summed E-state index contributed by atoms with van der Waals surface area (Å²) in [6, 6.07) is 15.0. The highest BCUT2D eigenvalue weighted by atomic mass is 16.5. The summed E-state index contributed by atoms with van der Waals surface area (Å²) in [5, 5.41) is 23.9. The molecule has 5 atom stereocenters. The molecule has 12 nitrogen and oxygen atoms in total. The summed E-state index contributed by atoms with van der Waals surface area (Å²) < 4.78 is 4.62. The maximum atomic E-state index is 13.8. The molecule has 46 heavy (non-hydrogen) atoms. The number of amides is 3. The number of azide groups is 1. The fraction of sp³-hybridized carbons (Fsp3) is 0.529. The Labute approximate surface area is 271 Å². The highest BCUT2D eigenvalue weighted by Crippen LogP contribution is 2.17. The molecular weight excluding hydrogens is 588 g/mol. The number of carbonyl (C=O) groups excluding carboxylic acids is 4. The van der Waals surface area contributed by atoms with Gasteiger partial charge in [-0.1, -0.05) is 93.5 Å². The third-order valence-corrected chi connectivity index (χ3v) is 7.70. The molecule has 0 bridgehead atoms. The molecule has 0 aliphatic rings. The first-order chi connectivity index (χ1) is 22.0. The predicted octanol–water partition coefficient (Wildman–Crippen LogP) is 4.01. The number of benzene rings is 2. The molecule has 12 heteroatoms. The van der Waals surface area contributed by atoms with Gasteiger partial charge in [0, 0.05) is 17.8 Å². The van der Waals surface area contributed by atoms with Gasteiger partial charge in [-0.2, -0.15) is 0 Å². The van der Waals surface area contributed by atoms with Crippen molar-refractivity contribution < 1.29 is 29.0 Å². The Morgan fingerprint density at radius 3 is 1.80 bits per heavy atom. The van der Waals surface area contributed by atoms with Gasteiger partial charge < -0.3 is 25.8 Å². The fourth-order valence-electron chi connectivity index (χ4n) is 5.03. The monoisotopic (exact) mass is 636 g/mol. The van der Waals surface area contributed by atoms with E-state index in [2.05, 4.69) is 30.7 Å². The zero-order valence-corrected chi connectivity index (χ0v) is 27.4. The summed E-state index contributed by atoms with van der Waals surface area (Å²) >= 11 is 0. The minimum Gasteiger partial charge on any atom is -0.469 e. The van der Waals surface area contributed by atoms with Crippen LogP contribution in [0.1, 0.15) is 64.5 Å². The molecule has 250 valence electrons. The van der Waals surface area contributed by atoms with Gasteiger partial charge in [0.2, 0.25) is 17.7 Å².